The molecule has 0 rings (SSSR count). The van der Waals surface area contributed by atoms with Crippen molar-refractivity contribution in [2.24, 2.45) is 17.8 Å². The first-order valence-electron chi connectivity index (χ1n) is 36.8. The minimum absolute atomic E-state index is 0.106. The van der Waals surface area contributed by atoms with Crippen molar-refractivity contribution in [2.75, 3.05) is 39.6 Å². The van der Waals surface area contributed by atoms with Crippen molar-refractivity contribution < 1.29 is 80.2 Å². The molecular formula is C71H138O17P2. The van der Waals surface area contributed by atoms with Crippen LogP contribution in [0.5, 0.6) is 0 Å². The molecule has 0 saturated heterocycles. The molecule has 0 spiro atoms. The second kappa shape index (κ2) is 61.9. The van der Waals surface area contributed by atoms with Gasteiger partial charge in [0.2, 0.25) is 0 Å². The van der Waals surface area contributed by atoms with Gasteiger partial charge in [0, 0.05) is 25.7 Å². The monoisotopic (exact) mass is 1320 g/mol. The minimum Gasteiger partial charge on any atom is -0.462 e. The third kappa shape index (κ3) is 64.8. The lowest BCUT2D eigenvalue weighted by atomic mass is 10.0. The van der Waals surface area contributed by atoms with Crippen LogP contribution in [0, 0.1) is 17.8 Å². The second-order valence-electron chi connectivity index (χ2n) is 27.1. The zero-order chi connectivity index (χ0) is 66.6. The number of phosphoric ester groups is 2. The van der Waals surface area contributed by atoms with Gasteiger partial charge in [-0.25, -0.2) is 9.13 Å². The smallest absolute Gasteiger partial charge is 0.462 e. The predicted molar refractivity (Wildman–Crippen MR) is 363 cm³/mol. The van der Waals surface area contributed by atoms with Crippen molar-refractivity contribution in [1.29, 1.82) is 0 Å². The molecule has 0 aromatic rings. The summed E-state index contributed by atoms with van der Waals surface area (Å²) >= 11 is 0. The van der Waals surface area contributed by atoms with Gasteiger partial charge in [-0.2, -0.15) is 0 Å². The Morgan fingerprint density at radius 2 is 0.511 bits per heavy atom. The molecule has 0 aromatic carbocycles. The van der Waals surface area contributed by atoms with Crippen LogP contribution < -0.4 is 0 Å². The van der Waals surface area contributed by atoms with E-state index in [1.807, 2.05) is 0 Å². The van der Waals surface area contributed by atoms with E-state index < -0.39 is 97.5 Å². The third-order valence-corrected chi connectivity index (χ3v) is 18.3. The Bertz CT molecular complexity index is 1770. The van der Waals surface area contributed by atoms with Gasteiger partial charge >= 0.3 is 39.5 Å². The average molecular weight is 1330 g/mol. The van der Waals surface area contributed by atoms with Crippen LogP contribution in [-0.2, 0) is 65.4 Å². The largest absolute Gasteiger partial charge is 0.472 e. The van der Waals surface area contributed by atoms with Gasteiger partial charge in [-0.15, -0.1) is 0 Å². The van der Waals surface area contributed by atoms with E-state index >= 15 is 0 Å². The zero-order valence-corrected chi connectivity index (χ0v) is 60.4. The molecule has 5 atom stereocenters. The summed E-state index contributed by atoms with van der Waals surface area (Å²) < 4.78 is 68.3. The maximum Gasteiger partial charge on any atom is 0.472 e. The highest BCUT2D eigenvalue weighted by Crippen LogP contribution is 2.45. The molecule has 0 saturated carbocycles. The molecule has 0 heterocycles. The average Bonchev–Trinajstić information content (AvgIpc) is 3.69. The fraction of sp³-hybridized carbons (Fsp3) is 0.944. The molecule has 19 heteroatoms. The molecule has 3 N–H and O–H groups in total. The summed E-state index contributed by atoms with van der Waals surface area (Å²) in [6.07, 6.45) is 45.7. The zero-order valence-electron chi connectivity index (χ0n) is 58.6. The molecule has 0 aliphatic heterocycles. The van der Waals surface area contributed by atoms with E-state index in [0.717, 1.165) is 108 Å². The molecule has 0 aromatic heterocycles. The van der Waals surface area contributed by atoms with Crippen LogP contribution in [0.15, 0.2) is 0 Å². The van der Waals surface area contributed by atoms with E-state index in [-0.39, 0.29) is 25.7 Å². The fourth-order valence-electron chi connectivity index (χ4n) is 10.7. The van der Waals surface area contributed by atoms with E-state index in [1.54, 1.807) is 0 Å². The van der Waals surface area contributed by atoms with Gasteiger partial charge in [0.05, 0.1) is 26.4 Å². The summed E-state index contributed by atoms with van der Waals surface area (Å²) in [5, 5.41) is 10.6. The Labute approximate surface area is 549 Å². The Hall–Kier alpha value is -1.94. The first-order chi connectivity index (χ1) is 43.2. The number of carbonyl (C=O) groups is 4. The lowest BCUT2D eigenvalue weighted by Gasteiger charge is -2.21. The summed E-state index contributed by atoms with van der Waals surface area (Å²) in [5.41, 5.74) is 0. The number of hydrogen-bond acceptors (Lipinski definition) is 15. The SMILES string of the molecule is CCCCCCCCCCCCCCC(=O)O[C@H](COC(=O)CCCCCCCCCCC(C)C)COP(=O)(O)OC[C@H](O)COP(=O)(O)OC[C@@H](COC(=O)CCCCCCCCCCCC(C)C)OC(=O)CCCCCCCCCCCCCCC(C)C. The summed E-state index contributed by atoms with van der Waals surface area (Å²) in [6.45, 7) is 11.8. The van der Waals surface area contributed by atoms with Gasteiger partial charge < -0.3 is 33.8 Å². The van der Waals surface area contributed by atoms with E-state index in [2.05, 4.69) is 48.5 Å². The van der Waals surface area contributed by atoms with Crippen LogP contribution in [0.4, 0.5) is 0 Å². The van der Waals surface area contributed by atoms with Gasteiger partial charge in [0.15, 0.2) is 12.2 Å². The number of aliphatic hydroxyl groups excluding tert-OH is 1. The lowest BCUT2D eigenvalue weighted by molar-refractivity contribution is -0.161. The minimum atomic E-state index is -4.95. The molecular weight excluding hydrogens is 1190 g/mol. The van der Waals surface area contributed by atoms with Gasteiger partial charge in [-0.1, -0.05) is 305 Å². The molecule has 0 amide bonds. The van der Waals surface area contributed by atoms with E-state index in [4.69, 9.17) is 37.0 Å². The highest BCUT2D eigenvalue weighted by Gasteiger charge is 2.30. The number of rotatable bonds is 69. The molecule has 0 radical (unpaired) electrons. The van der Waals surface area contributed by atoms with Gasteiger partial charge in [0.1, 0.15) is 19.3 Å². The van der Waals surface area contributed by atoms with Gasteiger partial charge in [-0.3, -0.25) is 37.3 Å². The first kappa shape index (κ1) is 88.1. The van der Waals surface area contributed by atoms with Crippen molar-refractivity contribution in [1.82, 2.24) is 0 Å². The standard InChI is InChI=1S/C71H138O17P2/c1-8-9-10-11-12-13-14-18-23-33-40-47-54-70(75)88-67(59-82-69(74)53-46-39-32-27-26-30-37-44-51-64(6)7)61-86-90(79,80)84-57-65(72)56-83-89(77,78)85-60-66(58-81-68(73)52-45-38-31-25-20-22-29-36-43-50-63(4)5)87-71(76)55-48-41-34-24-19-16-15-17-21-28-35-42-49-62(2)3/h62-67,72H,8-61H2,1-7H3,(H,77,78)(H,79,80)/t65-,66-,67-/m1/s1. The number of phosphoric acid groups is 2. The van der Waals surface area contributed by atoms with Crippen LogP contribution >= 0.6 is 15.6 Å². The first-order valence-corrected chi connectivity index (χ1v) is 39.8. The van der Waals surface area contributed by atoms with Crippen molar-refractivity contribution in [3.05, 3.63) is 0 Å². The molecule has 2 unspecified atom stereocenters. The molecule has 534 valence electrons. The Balaban J connectivity index is 5.26. The number of esters is 4. The quantitative estimate of drug-likeness (QED) is 0.0222. The number of hydrogen-bond donors (Lipinski definition) is 3. The number of aliphatic hydroxyl groups is 1. The topological polar surface area (TPSA) is 237 Å². The van der Waals surface area contributed by atoms with E-state index in [0.29, 0.717) is 25.7 Å². The van der Waals surface area contributed by atoms with Crippen LogP contribution in [0.1, 0.15) is 357 Å². The Morgan fingerprint density at radius 1 is 0.300 bits per heavy atom. The van der Waals surface area contributed by atoms with Gasteiger partial charge in [-0.05, 0) is 43.4 Å². The van der Waals surface area contributed by atoms with Crippen LogP contribution in [0.2, 0.25) is 0 Å². The number of unbranched alkanes of at least 4 members (excludes halogenated alkanes) is 37. The maximum atomic E-state index is 13.0. The van der Waals surface area contributed by atoms with Crippen LogP contribution in [0.25, 0.3) is 0 Å². The number of ether oxygens (including phenoxy) is 4. The molecule has 0 aliphatic carbocycles. The maximum absolute atomic E-state index is 13.0. The summed E-state index contributed by atoms with van der Waals surface area (Å²) in [7, 11) is -9.90. The normalized spacial score (nSPS) is 14.2. The Morgan fingerprint density at radius 3 is 0.756 bits per heavy atom. The van der Waals surface area contributed by atoms with Crippen molar-refractivity contribution in [3.8, 4) is 0 Å². The lowest BCUT2D eigenvalue weighted by Crippen LogP contribution is -2.30. The van der Waals surface area contributed by atoms with Crippen molar-refractivity contribution >= 4 is 39.5 Å². The Kier molecular flexibility index (Phi) is 60.6. The molecule has 90 heavy (non-hydrogen) atoms. The molecule has 0 fully saturated rings. The van der Waals surface area contributed by atoms with Crippen LogP contribution in [-0.4, -0.2) is 96.7 Å². The van der Waals surface area contributed by atoms with Crippen LogP contribution in [0.3, 0.4) is 0 Å². The van der Waals surface area contributed by atoms with Gasteiger partial charge in [0.25, 0.3) is 0 Å². The molecule has 0 aliphatic rings. The summed E-state index contributed by atoms with van der Waals surface area (Å²) in [6, 6.07) is 0. The molecule has 17 nitrogen and oxygen atoms in total. The third-order valence-electron chi connectivity index (χ3n) is 16.4. The number of carbonyl (C=O) groups excluding carboxylic acids is 4. The highest BCUT2D eigenvalue weighted by atomic mass is 31.2. The summed E-state index contributed by atoms with van der Waals surface area (Å²) in [4.78, 5) is 72.6. The highest BCUT2D eigenvalue weighted by molar-refractivity contribution is 7.47. The summed E-state index contributed by atoms with van der Waals surface area (Å²) in [5.74, 6) is 0.123. The van der Waals surface area contributed by atoms with Crippen molar-refractivity contribution in [3.63, 3.8) is 0 Å². The molecule has 0 bridgehead atoms. The predicted octanol–water partition coefficient (Wildman–Crippen LogP) is 20.2. The van der Waals surface area contributed by atoms with E-state index in [1.165, 1.54) is 167 Å². The fourth-order valence-corrected chi connectivity index (χ4v) is 12.3. The van der Waals surface area contributed by atoms with E-state index in [9.17, 15) is 43.2 Å². The van der Waals surface area contributed by atoms with Crippen molar-refractivity contribution in [2.45, 2.75) is 375 Å². The second-order valence-corrected chi connectivity index (χ2v) is 30.0.